The van der Waals surface area contributed by atoms with Gasteiger partial charge in [-0.2, -0.15) is 5.26 Å². The maximum Gasteiger partial charge on any atom is 0.338 e. The number of methoxy groups -OCH3 is 1. The van der Waals surface area contributed by atoms with E-state index < -0.39 is 23.5 Å². The van der Waals surface area contributed by atoms with Gasteiger partial charge < -0.3 is 14.2 Å². The van der Waals surface area contributed by atoms with Crippen LogP contribution in [0.5, 0.6) is 5.88 Å². The number of carbonyl (C=O) groups excluding carboxylic acids is 1. The molecule has 258 valence electrons. The Balaban J connectivity index is 1.05. The fourth-order valence-corrected chi connectivity index (χ4v) is 7.56. The smallest absolute Gasteiger partial charge is 0.338 e. The van der Waals surface area contributed by atoms with Crippen molar-refractivity contribution < 1.29 is 27.8 Å². The maximum atomic E-state index is 16.0. The predicted octanol–water partition coefficient (Wildman–Crippen LogP) is 5.48. The summed E-state index contributed by atoms with van der Waals surface area (Å²) >= 11 is 0. The predicted molar refractivity (Wildman–Crippen MR) is 186 cm³/mol. The molecule has 1 spiro atoms. The van der Waals surface area contributed by atoms with Gasteiger partial charge in [-0.3, -0.25) is 14.8 Å². The molecule has 2 fully saturated rings. The number of aliphatic imine (C=N–C) groups is 1. The van der Waals surface area contributed by atoms with Gasteiger partial charge in [0.05, 0.1) is 55.0 Å². The minimum atomic E-state index is -0.781. The van der Waals surface area contributed by atoms with Gasteiger partial charge in [0.25, 0.3) is 0 Å². The number of benzene rings is 2. The number of likely N-dealkylation sites (tertiary alicyclic amines) is 1. The summed E-state index contributed by atoms with van der Waals surface area (Å²) in [5.41, 5.74) is 3.42. The van der Waals surface area contributed by atoms with Crippen LogP contribution < -0.4 is 4.74 Å². The molecule has 0 saturated carbocycles. The molecule has 1 aromatic heterocycles. The zero-order chi connectivity index (χ0) is 35.1. The molecule has 0 amide bonds. The van der Waals surface area contributed by atoms with Crippen LogP contribution in [-0.4, -0.2) is 83.7 Å². The Kier molecular flexibility index (Phi) is 8.68. The number of rotatable bonds is 10. The second kappa shape index (κ2) is 13.5. The summed E-state index contributed by atoms with van der Waals surface area (Å²) in [6.45, 7) is 3.07. The van der Waals surface area contributed by atoms with Crippen molar-refractivity contribution in [2.24, 2.45) is 4.99 Å². The minimum absolute atomic E-state index is 0.0750. The third kappa shape index (κ3) is 5.89. The molecular formula is C40H35F2N5O4. The van der Waals surface area contributed by atoms with E-state index in [9.17, 15) is 9.18 Å². The fourth-order valence-electron chi connectivity index (χ4n) is 7.56. The third-order valence-corrected chi connectivity index (χ3v) is 10.4. The lowest BCUT2D eigenvalue weighted by atomic mass is 9.74. The van der Waals surface area contributed by atoms with E-state index in [2.05, 4.69) is 20.9 Å². The number of halogens is 2. The van der Waals surface area contributed by atoms with E-state index in [1.807, 2.05) is 36.4 Å². The van der Waals surface area contributed by atoms with Crippen LogP contribution in [0.25, 0.3) is 11.3 Å². The average molecular weight is 688 g/mol. The van der Waals surface area contributed by atoms with E-state index in [0.717, 1.165) is 37.5 Å². The van der Waals surface area contributed by atoms with Crippen LogP contribution in [0.15, 0.2) is 107 Å². The van der Waals surface area contributed by atoms with Gasteiger partial charge in [-0.25, -0.2) is 18.6 Å². The van der Waals surface area contributed by atoms with Crippen molar-refractivity contribution in [3.8, 4) is 23.2 Å². The molecule has 3 atom stereocenters. The Morgan fingerprint density at radius 1 is 1.06 bits per heavy atom. The highest BCUT2D eigenvalue weighted by Crippen LogP contribution is 2.45. The number of carbonyl (C=O) groups is 1. The summed E-state index contributed by atoms with van der Waals surface area (Å²) in [4.78, 5) is 27.5. The van der Waals surface area contributed by atoms with Gasteiger partial charge >= 0.3 is 5.97 Å². The molecule has 51 heavy (non-hydrogen) atoms. The van der Waals surface area contributed by atoms with Crippen LogP contribution in [0.3, 0.4) is 0 Å². The van der Waals surface area contributed by atoms with Gasteiger partial charge in [0.1, 0.15) is 29.9 Å². The standard InChI is InChI=1S/C40H35F2N5O4/c1-49-39(48)31-12-13-36-40(15-3-2-5-32(31)40)47(21-29-14-16-46(29)30-23-50-24-30)37(45-36)19-26-10-11-27(18-34(26)42)35-6-4-7-38(44-35)51-22-28-9-8-25(20-43)17-33(28)41/h2-13,15,17-18,29-30,37H,14,16,19,21-24H2,1H3/t29?,37-,40?/m1/s1. The molecule has 2 unspecified atom stereocenters. The summed E-state index contributed by atoms with van der Waals surface area (Å²) in [5, 5.41) is 9.00. The summed E-state index contributed by atoms with van der Waals surface area (Å²) in [6.07, 6.45) is 12.6. The lowest BCUT2D eigenvalue weighted by Crippen LogP contribution is -2.66. The van der Waals surface area contributed by atoms with E-state index in [0.29, 0.717) is 47.0 Å². The van der Waals surface area contributed by atoms with Crippen molar-refractivity contribution in [1.29, 1.82) is 5.26 Å². The molecule has 5 aliphatic rings. The Hall–Kier alpha value is -5.28. The number of hydrogen-bond donors (Lipinski definition) is 0. The molecule has 0 N–H and O–H groups in total. The van der Waals surface area contributed by atoms with Gasteiger partial charge in [-0.15, -0.1) is 0 Å². The van der Waals surface area contributed by atoms with Crippen molar-refractivity contribution in [3.05, 3.63) is 131 Å². The van der Waals surface area contributed by atoms with Gasteiger partial charge in [0, 0.05) is 42.7 Å². The average Bonchev–Trinajstić information content (AvgIpc) is 3.42. The van der Waals surface area contributed by atoms with Crippen LogP contribution in [-0.2, 0) is 27.3 Å². The van der Waals surface area contributed by atoms with Crippen molar-refractivity contribution in [1.82, 2.24) is 14.8 Å². The van der Waals surface area contributed by atoms with E-state index >= 15 is 4.39 Å². The largest absolute Gasteiger partial charge is 0.473 e. The minimum Gasteiger partial charge on any atom is -0.473 e. The Bertz CT molecular complexity index is 2100. The molecule has 2 saturated heterocycles. The molecular weight excluding hydrogens is 652 g/mol. The number of hydrogen-bond acceptors (Lipinski definition) is 9. The molecule has 2 aromatic carbocycles. The van der Waals surface area contributed by atoms with Crippen molar-refractivity contribution in [3.63, 3.8) is 0 Å². The maximum absolute atomic E-state index is 16.0. The molecule has 0 radical (unpaired) electrons. The molecule has 9 nitrogen and oxygen atoms in total. The first-order chi connectivity index (χ1) is 24.9. The molecule has 11 heteroatoms. The van der Waals surface area contributed by atoms with Crippen LogP contribution in [0.2, 0.25) is 0 Å². The van der Waals surface area contributed by atoms with Crippen LogP contribution >= 0.6 is 0 Å². The monoisotopic (exact) mass is 687 g/mol. The summed E-state index contributed by atoms with van der Waals surface area (Å²) in [6, 6.07) is 17.0. The van der Waals surface area contributed by atoms with Crippen molar-refractivity contribution in [2.45, 2.75) is 43.2 Å². The number of pyridine rings is 1. The van der Waals surface area contributed by atoms with Gasteiger partial charge in [0.2, 0.25) is 5.88 Å². The van der Waals surface area contributed by atoms with Gasteiger partial charge in [-0.1, -0.05) is 48.6 Å². The van der Waals surface area contributed by atoms with Gasteiger partial charge in [0.15, 0.2) is 0 Å². The molecule has 4 heterocycles. The number of nitrogens with zero attached hydrogens (tertiary/aromatic N) is 5. The molecule has 3 aromatic rings. The first kappa shape index (κ1) is 32.9. The highest BCUT2D eigenvalue weighted by molar-refractivity contribution is 6.14. The molecule has 3 aliphatic heterocycles. The lowest BCUT2D eigenvalue weighted by Gasteiger charge is -2.52. The van der Waals surface area contributed by atoms with E-state index in [4.69, 9.17) is 24.5 Å². The number of ether oxygens (including phenoxy) is 3. The number of nitriles is 1. The van der Waals surface area contributed by atoms with Crippen LogP contribution in [0.1, 0.15) is 23.1 Å². The highest BCUT2D eigenvalue weighted by Gasteiger charge is 2.54. The van der Waals surface area contributed by atoms with Crippen LogP contribution in [0.4, 0.5) is 8.78 Å². The first-order valence-electron chi connectivity index (χ1n) is 17.0. The Morgan fingerprint density at radius 3 is 2.63 bits per heavy atom. The Labute approximate surface area is 294 Å². The van der Waals surface area contributed by atoms with Crippen molar-refractivity contribution >= 4 is 11.7 Å². The quantitative estimate of drug-likeness (QED) is 0.259. The molecule has 8 rings (SSSR count). The number of allylic oxidation sites excluding steroid dienone is 2. The Morgan fingerprint density at radius 2 is 1.90 bits per heavy atom. The topological polar surface area (TPSA) is 100 Å². The van der Waals surface area contributed by atoms with E-state index in [1.54, 1.807) is 30.3 Å². The highest BCUT2D eigenvalue weighted by atomic mass is 19.1. The number of esters is 1. The summed E-state index contributed by atoms with van der Waals surface area (Å²) in [5.74, 6) is -1.07. The SMILES string of the molecule is COC(=O)C1=C2C=CC=CC23C(=N[C@@H](Cc2ccc(-c4cccc(OCc5ccc(C#N)cc5F)n4)cc2F)N3CC2CCN2C2COC2)C=C1. The summed E-state index contributed by atoms with van der Waals surface area (Å²) in [7, 11) is 1.38. The normalized spacial score (nSPS) is 23.9. The summed E-state index contributed by atoms with van der Waals surface area (Å²) < 4.78 is 46.8. The second-order valence-electron chi connectivity index (χ2n) is 13.2. The zero-order valence-electron chi connectivity index (χ0n) is 28.0. The van der Waals surface area contributed by atoms with E-state index in [-0.39, 0.29) is 29.9 Å². The zero-order valence-corrected chi connectivity index (χ0v) is 28.0. The van der Waals surface area contributed by atoms with Crippen molar-refractivity contribution in [2.75, 3.05) is 33.4 Å². The number of aromatic nitrogens is 1. The fraction of sp³-hybridized carbons (Fsp3) is 0.300. The lowest BCUT2D eigenvalue weighted by molar-refractivity contribution is -0.135. The van der Waals surface area contributed by atoms with Crippen LogP contribution in [0, 0.1) is 23.0 Å². The van der Waals surface area contributed by atoms with Gasteiger partial charge in [-0.05, 0) is 54.0 Å². The second-order valence-corrected chi connectivity index (χ2v) is 13.2. The van der Waals surface area contributed by atoms with E-state index in [1.165, 1.54) is 31.4 Å². The third-order valence-electron chi connectivity index (χ3n) is 10.4. The molecule has 2 aliphatic carbocycles. The molecule has 0 bridgehead atoms. The first-order valence-corrected chi connectivity index (χ1v) is 17.0.